The molecule has 0 aliphatic heterocycles. The number of nitrogens with one attached hydrogen (secondary N) is 1. The van der Waals surface area contributed by atoms with Crippen LogP contribution in [0.3, 0.4) is 0 Å². The lowest BCUT2D eigenvalue weighted by Crippen LogP contribution is -2.21. The number of hydrogen-bond donors (Lipinski definition) is 1. The molecule has 1 aromatic carbocycles. The van der Waals surface area contributed by atoms with Crippen LogP contribution in [0.25, 0.3) is 0 Å². The van der Waals surface area contributed by atoms with Gasteiger partial charge in [0, 0.05) is 24.2 Å². The molecular formula is C16H16N2O6. The van der Waals surface area contributed by atoms with Crippen molar-refractivity contribution in [2.75, 3.05) is 11.9 Å². The lowest BCUT2D eigenvalue weighted by molar-refractivity contribution is -0.384. The monoisotopic (exact) mass is 332 g/mol. The van der Waals surface area contributed by atoms with Gasteiger partial charge in [-0.05, 0) is 30.7 Å². The van der Waals surface area contributed by atoms with Crippen molar-refractivity contribution in [3.8, 4) is 0 Å². The van der Waals surface area contributed by atoms with Gasteiger partial charge in [0.2, 0.25) is 0 Å². The lowest BCUT2D eigenvalue weighted by atomic mass is 10.2. The van der Waals surface area contributed by atoms with Crippen LogP contribution in [0.15, 0.2) is 41.0 Å². The molecule has 0 unspecified atom stereocenters. The molecule has 2 aromatic rings. The summed E-state index contributed by atoms with van der Waals surface area (Å²) in [6.45, 7) is 1.21. The normalized spacial score (nSPS) is 10.2. The summed E-state index contributed by atoms with van der Waals surface area (Å²) < 4.78 is 9.97. The van der Waals surface area contributed by atoms with Gasteiger partial charge < -0.3 is 14.5 Å². The smallest absolute Gasteiger partial charge is 0.306 e. The van der Waals surface area contributed by atoms with Gasteiger partial charge >= 0.3 is 5.97 Å². The number of ether oxygens (including phenoxy) is 1. The Morgan fingerprint density at radius 3 is 2.75 bits per heavy atom. The Morgan fingerprint density at radius 1 is 1.33 bits per heavy atom. The maximum absolute atomic E-state index is 11.8. The van der Waals surface area contributed by atoms with Gasteiger partial charge in [0.25, 0.3) is 11.6 Å². The number of non-ortho nitro benzene ring substituents is 1. The van der Waals surface area contributed by atoms with E-state index in [0.29, 0.717) is 23.4 Å². The Morgan fingerprint density at radius 2 is 2.12 bits per heavy atom. The van der Waals surface area contributed by atoms with Gasteiger partial charge in [-0.1, -0.05) is 0 Å². The van der Waals surface area contributed by atoms with Crippen LogP contribution in [0.4, 0.5) is 11.4 Å². The summed E-state index contributed by atoms with van der Waals surface area (Å²) in [5, 5.41) is 13.2. The van der Waals surface area contributed by atoms with E-state index in [1.54, 1.807) is 19.1 Å². The van der Waals surface area contributed by atoms with E-state index in [1.165, 1.54) is 24.5 Å². The first-order chi connectivity index (χ1) is 11.5. The first-order valence-electron chi connectivity index (χ1n) is 7.18. The van der Waals surface area contributed by atoms with Crippen LogP contribution in [0, 0.1) is 17.0 Å². The zero-order chi connectivity index (χ0) is 17.5. The molecule has 0 fully saturated rings. The van der Waals surface area contributed by atoms with Gasteiger partial charge in [-0.25, -0.2) is 0 Å². The van der Waals surface area contributed by atoms with E-state index in [2.05, 4.69) is 5.32 Å². The summed E-state index contributed by atoms with van der Waals surface area (Å²) in [7, 11) is 0. The largest absolute Gasteiger partial charge is 0.469 e. The second kappa shape index (κ2) is 7.91. The van der Waals surface area contributed by atoms with Crippen LogP contribution in [0.5, 0.6) is 0 Å². The van der Waals surface area contributed by atoms with Gasteiger partial charge in [-0.3, -0.25) is 19.7 Å². The van der Waals surface area contributed by atoms with Crippen molar-refractivity contribution >= 4 is 23.3 Å². The fourth-order valence-corrected chi connectivity index (χ4v) is 1.99. The Labute approximate surface area is 137 Å². The van der Waals surface area contributed by atoms with E-state index in [0.717, 1.165) is 0 Å². The Balaban J connectivity index is 1.78. The second-order valence-corrected chi connectivity index (χ2v) is 5.04. The molecule has 8 nitrogen and oxygen atoms in total. The number of nitro benzene ring substituents is 1. The zero-order valence-corrected chi connectivity index (χ0v) is 13.0. The number of anilines is 1. The minimum atomic E-state index is -0.515. The molecule has 126 valence electrons. The third kappa shape index (κ3) is 4.94. The number of esters is 1. The molecule has 24 heavy (non-hydrogen) atoms. The summed E-state index contributed by atoms with van der Waals surface area (Å²) in [5.41, 5.74) is 0.911. The number of amides is 1. The highest BCUT2D eigenvalue weighted by Crippen LogP contribution is 2.21. The summed E-state index contributed by atoms with van der Waals surface area (Å²) in [6.07, 6.45) is 2.02. The predicted octanol–water partition coefficient (Wildman–Crippen LogP) is 2.61. The zero-order valence-electron chi connectivity index (χ0n) is 13.0. The third-order valence-corrected chi connectivity index (χ3v) is 3.21. The van der Waals surface area contributed by atoms with Crippen LogP contribution in [0.1, 0.15) is 17.7 Å². The Kier molecular flexibility index (Phi) is 5.67. The number of hydrogen-bond acceptors (Lipinski definition) is 6. The highest BCUT2D eigenvalue weighted by atomic mass is 16.6. The first kappa shape index (κ1) is 17.2. The minimum Gasteiger partial charge on any atom is -0.469 e. The lowest BCUT2D eigenvalue weighted by Gasteiger charge is -2.08. The molecule has 1 heterocycles. The van der Waals surface area contributed by atoms with Crippen molar-refractivity contribution < 1.29 is 23.7 Å². The first-order valence-corrected chi connectivity index (χ1v) is 7.18. The molecule has 1 amide bonds. The number of nitrogens with zero attached hydrogens (tertiary/aromatic N) is 1. The van der Waals surface area contributed by atoms with E-state index in [-0.39, 0.29) is 12.1 Å². The van der Waals surface area contributed by atoms with E-state index >= 15 is 0 Å². The maximum atomic E-state index is 11.8. The number of rotatable bonds is 7. The van der Waals surface area contributed by atoms with E-state index in [4.69, 9.17) is 9.15 Å². The van der Waals surface area contributed by atoms with Crippen LogP contribution >= 0.6 is 0 Å². The minimum absolute atomic E-state index is 0.0603. The van der Waals surface area contributed by atoms with Crippen molar-refractivity contribution in [3.05, 3.63) is 58.0 Å². The van der Waals surface area contributed by atoms with Gasteiger partial charge in [-0.2, -0.15) is 0 Å². The molecule has 0 aliphatic rings. The SMILES string of the molecule is Cc1cc([N+](=O)[O-])ccc1NC(=O)COC(=O)CCc1ccco1. The summed E-state index contributed by atoms with van der Waals surface area (Å²) in [6, 6.07) is 7.55. The third-order valence-electron chi connectivity index (χ3n) is 3.21. The molecule has 1 N–H and O–H groups in total. The second-order valence-electron chi connectivity index (χ2n) is 5.04. The van der Waals surface area contributed by atoms with Crippen LogP contribution in [-0.2, 0) is 20.7 Å². The van der Waals surface area contributed by atoms with Crippen LogP contribution in [-0.4, -0.2) is 23.4 Å². The van der Waals surface area contributed by atoms with Gasteiger partial charge in [0.1, 0.15) is 5.76 Å². The average Bonchev–Trinajstić information content (AvgIpc) is 3.06. The van der Waals surface area contributed by atoms with Gasteiger partial charge in [0.15, 0.2) is 6.61 Å². The fourth-order valence-electron chi connectivity index (χ4n) is 1.99. The van der Waals surface area contributed by atoms with Crippen molar-refractivity contribution in [2.24, 2.45) is 0 Å². The number of carbonyl (C=O) groups excluding carboxylic acids is 2. The quantitative estimate of drug-likeness (QED) is 0.474. The number of benzene rings is 1. The maximum Gasteiger partial charge on any atom is 0.306 e. The number of nitro groups is 1. The van der Waals surface area contributed by atoms with Crippen LogP contribution < -0.4 is 5.32 Å². The topological polar surface area (TPSA) is 112 Å². The summed E-state index contributed by atoms with van der Waals surface area (Å²) in [5.74, 6) is -0.363. The molecule has 0 radical (unpaired) electrons. The van der Waals surface area contributed by atoms with Crippen LogP contribution in [0.2, 0.25) is 0 Å². The highest BCUT2D eigenvalue weighted by Gasteiger charge is 2.12. The van der Waals surface area contributed by atoms with E-state index in [1.807, 2.05) is 0 Å². The fraction of sp³-hybridized carbons (Fsp3) is 0.250. The molecule has 8 heteroatoms. The van der Waals surface area contributed by atoms with Gasteiger partial charge in [-0.15, -0.1) is 0 Å². The summed E-state index contributed by atoms with van der Waals surface area (Å²) >= 11 is 0. The number of aryl methyl sites for hydroxylation is 2. The van der Waals surface area contributed by atoms with E-state index in [9.17, 15) is 19.7 Å². The van der Waals surface area contributed by atoms with Crippen molar-refractivity contribution in [2.45, 2.75) is 19.8 Å². The predicted molar refractivity (Wildman–Crippen MR) is 84.5 cm³/mol. The average molecular weight is 332 g/mol. The number of carbonyl (C=O) groups is 2. The molecule has 2 rings (SSSR count). The highest BCUT2D eigenvalue weighted by molar-refractivity contribution is 5.93. The van der Waals surface area contributed by atoms with Gasteiger partial charge in [0.05, 0.1) is 17.6 Å². The Bertz CT molecular complexity index is 739. The van der Waals surface area contributed by atoms with E-state index < -0.39 is 23.4 Å². The molecule has 0 saturated heterocycles. The van der Waals surface area contributed by atoms with Crippen molar-refractivity contribution in [3.63, 3.8) is 0 Å². The molecule has 0 aliphatic carbocycles. The molecule has 0 atom stereocenters. The van der Waals surface area contributed by atoms with Crippen molar-refractivity contribution in [1.82, 2.24) is 0 Å². The molecular weight excluding hydrogens is 316 g/mol. The standard InChI is InChI=1S/C16H16N2O6/c1-11-9-12(18(21)22)4-6-14(11)17-15(19)10-24-16(20)7-5-13-3-2-8-23-13/h2-4,6,8-9H,5,7,10H2,1H3,(H,17,19). The van der Waals surface area contributed by atoms with Crippen molar-refractivity contribution in [1.29, 1.82) is 0 Å². The summed E-state index contributed by atoms with van der Waals surface area (Å²) in [4.78, 5) is 33.5. The molecule has 1 aromatic heterocycles. The Hall–Kier alpha value is -3.16. The number of furan rings is 1. The molecule has 0 bridgehead atoms. The molecule has 0 saturated carbocycles. The molecule has 0 spiro atoms.